The van der Waals surface area contributed by atoms with Crippen LogP contribution in [0.2, 0.25) is 0 Å². The first-order chi connectivity index (χ1) is 13.1. The summed E-state index contributed by atoms with van der Waals surface area (Å²) in [7, 11) is 0. The van der Waals surface area contributed by atoms with Gasteiger partial charge in [0.2, 0.25) is 5.91 Å². The molecule has 1 aliphatic rings. The Hall–Kier alpha value is -2.47. The number of halogens is 2. The summed E-state index contributed by atoms with van der Waals surface area (Å²) in [6, 6.07) is 12.9. The first kappa shape index (κ1) is 19.3. The summed E-state index contributed by atoms with van der Waals surface area (Å²) in [6.07, 6.45) is 1.02. The fourth-order valence-corrected chi connectivity index (χ4v) is 3.23. The second-order valence-corrected chi connectivity index (χ2v) is 6.78. The Morgan fingerprint density at radius 2 is 1.48 bits per heavy atom. The summed E-state index contributed by atoms with van der Waals surface area (Å²) in [5, 5.41) is 2.95. The smallest absolute Gasteiger partial charge is 0.220 e. The van der Waals surface area contributed by atoms with Crippen molar-refractivity contribution in [3.05, 3.63) is 65.7 Å². The van der Waals surface area contributed by atoms with Crippen molar-refractivity contribution in [2.24, 2.45) is 0 Å². The third-order valence-corrected chi connectivity index (χ3v) is 4.87. The number of anilines is 1. The van der Waals surface area contributed by atoms with E-state index in [9.17, 15) is 13.6 Å². The number of piperazine rings is 1. The van der Waals surface area contributed by atoms with Crippen molar-refractivity contribution in [1.29, 1.82) is 0 Å². The van der Waals surface area contributed by atoms with Crippen LogP contribution in [0.1, 0.15) is 12.0 Å². The molecule has 144 valence electrons. The van der Waals surface area contributed by atoms with E-state index in [0.29, 0.717) is 19.4 Å². The number of hydrogen-bond acceptors (Lipinski definition) is 3. The Morgan fingerprint density at radius 3 is 2.11 bits per heavy atom. The molecular weight excluding hydrogens is 348 g/mol. The molecule has 1 saturated heterocycles. The van der Waals surface area contributed by atoms with Crippen LogP contribution in [0.25, 0.3) is 0 Å². The highest BCUT2D eigenvalue weighted by Crippen LogP contribution is 2.16. The normalized spacial score (nSPS) is 15.0. The largest absolute Gasteiger partial charge is 0.369 e. The molecule has 27 heavy (non-hydrogen) atoms. The Morgan fingerprint density at radius 1 is 0.889 bits per heavy atom. The molecule has 3 rings (SSSR count). The monoisotopic (exact) mass is 373 g/mol. The topological polar surface area (TPSA) is 35.6 Å². The Bertz CT molecular complexity index is 726. The van der Waals surface area contributed by atoms with Crippen LogP contribution >= 0.6 is 0 Å². The average molecular weight is 373 g/mol. The van der Waals surface area contributed by atoms with Gasteiger partial charge in [-0.15, -0.1) is 0 Å². The molecule has 1 N–H and O–H groups in total. The highest BCUT2D eigenvalue weighted by Gasteiger charge is 2.17. The van der Waals surface area contributed by atoms with Gasteiger partial charge in [0, 0.05) is 51.4 Å². The maximum absolute atomic E-state index is 13.0. The lowest BCUT2D eigenvalue weighted by Crippen LogP contribution is -2.48. The maximum atomic E-state index is 13.0. The number of amides is 1. The van der Waals surface area contributed by atoms with Crippen molar-refractivity contribution in [2.75, 3.05) is 44.2 Å². The van der Waals surface area contributed by atoms with Crippen molar-refractivity contribution in [2.45, 2.75) is 12.8 Å². The van der Waals surface area contributed by atoms with Crippen LogP contribution in [-0.2, 0) is 11.2 Å². The van der Waals surface area contributed by atoms with E-state index in [0.717, 1.165) is 44.0 Å². The Labute approximate surface area is 158 Å². The molecule has 0 unspecified atom stereocenters. The molecule has 0 aliphatic carbocycles. The van der Waals surface area contributed by atoms with Crippen molar-refractivity contribution in [3.8, 4) is 0 Å². The maximum Gasteiger partial charge on any atom is 0.220 e. The van der Waals surface area contributed by atoms with Gasteiger partial charge in [0.25, 0.3) is 0 Å². The number of benzene rings is 2. The summed E-state index contributed by atoms with van der Waals surface area (Å²) in [5.41, 5.74) is 2.01. The minimum atomic E-state index is -0.261. The minimum Gasteiger partial charge on any atom is -0.369 e. The summed E-state index contributed by atoms with van der Waals surface area (Å²) in [5.74, 6) is -0.459. The molecule has 1 amide bonds. The summed E-state index contributed by atoms with van der Waals surface area (Å²) in [6.45, 7) is 5.07. The number of nitrogens with one attached hydrogen (secondary N) is 1. The molecule has 1 fully saturated rings. The molecule has 0 atom stereocenters. The van der Waals surface area contributed by atoms with E-state index in [1.807, 2.05) is 12.1 Å². The number of rotatable bonds is 7. The first-order valence-corrected chi connectivity index (χ1v) is 9.34. The molecular formula is C21H25F2N3O. The van der Waals surface area contributed by atoms with Crippen LogP contribution in [-0.4, -0.2) is 50.1 Å². The predicted molar refractivity (Wildman–Crippen MR) is 103 cm³/mol. The molecule has 1 aliphatic heterocycles. The van der Waals surface area contributed by atoms with Crippen LogP contribution in [0.5, 0.6) is 0 Å². The molecule has 2 aromatic carbocycles. The summed E-state index contributed by atoms with van der Waals surface area (Å²) < 4.78 is 25.9. The van der Waals surface area contributed by atoms with Crippen molar-refractivity contribution >= 4 is 11.6 Å². The highest BCUT2D eigenvalue weighted by molar-refractivity contribution is 5.76. The third-order valence-electron chi connectivity index (χ3n) is 4.87. The van der Waals surface area contributed by atoms with E-state index >= 15 is 0 Å². The van der Waals surface area contributed by atoms with E-state index in [-0.39, 0.29) is 17.5 Å². The van der Waals surface area contributed by atoms with Crippen LogP contribution in [0.4, 0.5) is 14.5 Å². The molecule has 0 bridgehead atoms. The Balaban J connectivity index is 1.31. The van der Waals surface area contributed by atoms with Gasteiger partial charge in [-0.3, -0.25) is 9.69 Å². The molecule has 1 heterocycles. The molecule has 4 nitrogen and oxygen atoms in total. The lowest BCUT2D eigenvalue weighted by Gasteiger charge is -2.36. The lowest BCUT2D eigenvalue weighted by atomic mass is 10.1. The zero-order chi connectivity index (χ0) is 19.1. The van der Waals surface area contributed by atoms with Crippen LogP contribution in [0, 0.1) is 11.6 Å². The van der Waals surface area contributed by atoms with Gasteiger partial charge in [0.1, 0.15) is 11.6 Å². The van der Waals surface area contributed by atoms with E-state index in [1.165, 1.54) is 24.3 Å². The van der Waals surface area contributed by atoms with Crippen LogP contribution in [0.3, 0.4) is 0 Å². The van der Waals surface area contributed by atoms with E-state index in [1.54, 1.807) is 12.1 Å². The molecule has 6 heteroatoms. The standard InChI is InChI=1S/C21H25F2N3O/c22-18-4-1-17(2-5-18)3-10-21(27)24-11-12-25-13-15-26(16-14-25)20-8-6-19(23)7-9-20/h1-2,4-9H,3,10-16H2,(H,24,27). The predicted octanol–water partition coefficient (Wildman–Crippen LogP) is 2.84. The Kier molecular flexibility index (Phi) is 6.76. The number of hydrogen-bond donors (Lipinski definition) is 1. The fourth-order valence-electron chi connectivity index (χ4n) is 3.23. The summed E-state index contributed by atoms with van der Waals surface area (Å²) >= 11 is 0. The van der Waals surface area contributed by atoms with Crippen LogP contribution in [0.15, 0.2) is 48.5 Å². The van der Waals surface area contributed by atoms with Crippen LogP contribution < -0.4 is 10.2 Å². The van der Waals surface area contributed by atoms with Gasteiger partial charge < -0.3 is 10.2 Å². The number of carbonyl (C=O) groups excluding carboxylic acids is 1. The van der Waals surface area contributed by atoms with Gasteiger partial charge in [-0.05, 0) is 48.4 Å². The number of aryl methyl sites for hydroxylation is 1. The molecule has 2 aromatic rings. The zero-order valence-corrected chi connectivity index (χ0v) is 15.3. The van der Waals surface area contributed by atoms with Crippen molar-refractivity contribution < 1.29 is 13.6 Å². The number of carbonyl (C=O) groups is 1. The summed E-state index contributed by atoms with van der Waals surface area (Å²) in [4.78, 5) is 16.5. The fraction of sp³-hybridized carbons (Fsp3) is 0.381. The molecule has 0 spiro atoms. The van der Waals surface area contributed by atoms with Crippen molar-refractivity contribution in [1.82, 2.24) is 10.2 Å². The van der Waals surface area contributed by atoms with E-state index < -0.39 is 0 Å². The third kappa shape index (κ3) is 6.03. The van der Waals surface area contributed by atoms with Gasteiger partial charge in [0.05, 0.1) is 0 Å². The quantitative estimate of drug-likeness (QED) is 0.811. The van der Waals surface area contributed by atoms with Crippen molar-refractivity contribution in [3.63, 3.8) is 0 Å². The number of nitrogens with zero attached hydrogens (tertiary/aromatic N) is 2. The SMILES string of the molecule is O=C(CCc1ccc(F)cc1)NCCN1CCN(c2ccc(F)cc2)CC1. The first-order valence-electron chi connectivity index (χ1n) is 9.34. The van der Waals surface area contributed by atoms with Gasteiger partial charge in [-0.2, -0.15) is 0 Å². The minimum absolute atomic E-state index is 0.0178. The van der Waals surface area contributed by atoms with Gasteiger partial charge in [0.15, 0.2) is 0 Å². The van der Waals surface area contributed by atoms with E-state index in [2.05, 4.69) is 15.1 Å². The molecule has 0 aromatic heterocycles. The lowest BCUT2D eigenvalue weighted by molar-refractivity contribution is -0.121. The second kappa shape index (κ2) is 9.46. The molecule has 0 radical (unpaired) electrons. The zero-order valence-electron chi connectivity index (χ0n) is 15.3. The molecule has 0 saturated carbocycles. The van der Waals surface area contributed by atoms with Gasteiger partial charge >= 0.3 is 0 Å². The van der Waals surface area contributed by atoms with Gasteiger partial charge in [-0.25, -0.2) is 8.78 Å². The second-order valence-electron chi connectivity index (χ2n) is 6.78. The highest BCUT2D eigenvalue weighted by atomic mass is 19.1. The van der Waals surface area contributed by atoms with E-state index in [4.69, 9.17) is 0 Å². The average Bonchev–Trinajstić information content (AvgIpc) is 2.69. The van der Waals surface area contributed by atoms with Gasteiger partial charge in [-0.1, -0.05) is 12.1 Å².